The van der Waals surface area contributed by atoms with Crippen LogP contribution in [-0.4, -0.2) is 15.2 Å². The van der Waals surface area contributed by atoms with Gasteiger partial charge in [0.25, 0.3) is 0 Å². The highest BCUT2D eigenvalue weighted by Crippen LogP contribution is 2.35. The van der Waals surface area contributed by atoms with E-state index in [9.17, 15) is 5.11 Å². The van der Waals surface area contributed by atoms with Crippen molar-refractivity contribution >= 4 is 0 Å². The second-order valence-electron chi connectivity index (χ2n) is 5.98. The van der Waals surface area contributed by atoms with Crippen molar-refractivity contribution in [1.82, 2.24) is 10.1 Å². The van der Waals surface area contributed by atoms with Crippen molar-refractivity contribution in [1.29, 1.82) is 0 Å². The van der Waals surface area contributed by atoms with Crippen LogP contribution >= 0.6 is 0 Å². The summed E-state index contributed by atoms with van der Waals surface area (Å²) in [5.41, 5.74) is 0.822. The molecule has 0 bridgehead atoms. The Morgan fingerprint density at radius 1 is 1.19 bits per heavy atom. The van der Waals surface area contributed by atoms with E-state index in [1.165, 1.54) is 19.3 Å². The molecule has 112 valence electrons. The van der Waals surface area contributed by atoms with Gasteiger partial charge in [-0.2, -0.15) is 4.98 Å². The quantitative estimate of drug-likeness (QED) is 0.921. The van der Waals surface area contributed by atoms with Crippen LogP contribution in [0.1, 0.15) is 62.2 Å². The Hall–Kier alpha value is -1.84. The third-order valence-corrected chi connectivity index (χ3v) is 4.61. The van der Waals surface area contributed by atoms with Gasteiger partial charge in [-0.1, -0.05) is 36.7 Å². The van der Waals surface area contributed by atoms with E-state index in [1.54, 1.807) is 6.07 Å². The van der Waals surface area contributed by atoms with Crippen molar-refractivity contribution in [3.63, 3.8) is 0 Å². The second kappa shape index (κ2) is 6.29. The van der Waals surface area contributed by atoms with Gasteiger partial charge in [0.05, 0.1) is 6.42 Å². The molecule has 0 radical (unpaired) electrons. The number of nitrogens with zero attached hydrogens (tertiary/aromatic N) is 2. The summed E-state index contributed by atoms with van der Waals surface area (Å²) in [5, 5.41) is 13.9. The third kappa shape index (κ3) is 3.26. The molecule has 3 rings (SSSR count). The van der Waals surface area contributed by atoms with Crippen molar-refractivity contribution in [2.45, 2.75) is 51.4 Å². The number of rotatable bonds is 4. The van der Waals surface area contributed by atoms with E-state index < -0.39 is 0 Å². The SMILES string of the molecule is CCC1CCC(c2noc(Cc3ccccc3O)n2)CC1. The van der Waals surface area contributed by atoms with E-state index >= 15 is 0 Å². The molecular weight excluding hydrogens is 264 g/mol. The van der Waals surface area contributed by atoms with E-state index in [4.69, 9.17) is 4.52 Å². The van der Waals surface area contributed by atoms with Crippen LogP contribution in [0.5, 0.6) is 5.75 Å². The van der Waals surface area contributed by atoms with Gasteiger partial charge in [-0.25, -0.2) is 0 Å². The first-order valence-corrected chi connectivity index (χ1v) is 7.85. The first-order valence-electron chi connectivity index (χ1n) is 7.85. The maximum Gasteiger partial charge on any atom is 0.231 e. The standard InChI is InChI=1S/C17H22N2O2/c1-2-12-7-9-13(10-8-12)17-18-16(21-19-17)11-14-5-3-4-6-15(14)20/h3-6,12-13,20H,2,7-11H2,1H3. The van der Waals surface area contributed by atoms with E-state index in [0.29, 0.717) is 18.2 Å². The molecule has 1 aliphatic rings. The fraction of sp³-hybridized carbons (Fsp3) is 0.529. The van der Waals surface area contributed by atoms with Crippen molar-refractivity contribution in [2.75, 3.05) is 0 Å². The molecule has 0 amide bonds. The molecule has 1 aromatic heterocycles. The number of hydrogen-bond donors (Lipinski definition) is 1. The molecule has 0 spiro atoms. The van der Waals surface area contributed by atoms with E-state index in [2.05, 4.69) is 17.1 Å². The highest BCUT2D eigenvalue weighted by molar-refractivity contribution is 5.33. The van der Waals surface area contributed by atoms with Gasteiger partial charge in [0.2, 0.25) is 5.89 Å². The number of para-hydroxylation sites is 1. The van der Waals surface area contributed by atoms with Gasteiger partial charge in [0.15, 0.2) is 5.82 Å². The second-order valence-corrected chi connectivity index (χ2v) is 5.98. The number of phenols is 1. The van der Waals surface area contributed by atoms with Crippen LogP contribution < -0.4 is 0 Å². The molecule has 1 heterocycles. The molecule has 1 N–H and O–H groups in total. The van der Waals surface area contributed by atoms with Crippen molar-refractivity contribution in [3.05, 3.63) is 41.5 Å². The fourth-order valence-electron chi connectivity index (χ4n) is 3.16. The lowest BCUT2D eigenvalue weighted by Crippen LogP contribution is -2.13. The minimum absolute atomic E-state index is 0.278. The Morgan fingerprint density at radius 2 is 1.95 bits per heavy atom. The average Bonchev–Trinajstić information content (AvgIpc) is 2.98. The minimum Gasteiger partial charge on any atom is -0.508 e. The molecule has 4 heteroatoms. The predicted molar refractivity (Wildman–Crippen MR) is 80.2 cm³/mol. The normalized spacial score (nSPS) is 22.3. The lowest BCUT2D eigenvalue weighted by atomic mass is 9.80. The zero-order valence-corrected chi connectivity index (χ0v) is 12.5. The van der Waals surface area contributed by atoms with Gasteiger partial charge in [-0.05, 0) is 37.7 Å². The van der Waals surface area contributed by atoms with Gasteiger partial charge in [0, 0.05) is 11.5 Å². The summed E-state index contributed by atoms with van der Waals surface area (Å²) in [5.74, 6) is 3.02. The van der Waals surface area contributed by atoms with Crippen LogP contribution in [0.2, 0.25) is 0 Å². The highest BCUT2D eigenvalue weighted by Gasteiger charge is 2.25. The van der Waals surface area contributed by atoms with Gasteiger partial charge in [-0.15, -0.1) is 0 Å². The van der Waals surface area contributed by atoms with Crippen LogP contribution in [0.3, 0.4) is 0 Å². The Morgan fingerprint density at radius 3 is 2.67 bits per heavy atom. The molecule has 1 aliphatic carbocycles. The topological polar surface area (TPSA) is 59.2 Å². The first kappa shape index (κ1) is 14.1. The minimum atomic E-state index is 0.278. The monoisotopic (exact) mass is 286 g/mol. The van der Waals surface area contributed by atoms with Crippen LogP contribution in [0.15, 0.2) is 28.8 Å². The van der Waals surface area contributed by atoms with E-state index in [1.807, 2.05) is 18.2 Å². The molecule has 2 aromatic rings. The molecule has 21 heavy (non-hydrogen) atoms. The summed E-state index contributed by atoms with van der Waals surface area (Å²) < 4.78 is 5.36. The smallest absolute Gasteiger partial charge is 0.231 e. The Balaban J connectivity index is 1.65. The third-order valence-electron chi connectivity index (χ3n) is 4.61. The van der Waals surface area contributed by atoms with Crippen LogP contribution in [0.4, 0.5) is 0 Å². The molecular formula is C17H22N2O2. The maximum absolute atomic E-state index is 9.79. The van der Waals surface area contributed by atoms with Gasteiger partial charge >= 0.3 is 0 Å². The number of aromatic nitrogens is 2. The van der Waals surface area contributed by atoms with Crippen LogP contribution in [-0.2, 0) is 6.42 Å². The molecule has 1 saturated carbocycles. The summed E-state index contributed by atoms with van der Waals surface area (Å²) in [4.78, 5) is 4.53. The molecule has 0 atom stereocenters. The van der Waals surface area contributed by atoms with Crippen LogP contribution in [0.25, 0.3) is 0 Å². The van der Waals surface area contributed by atoms with Gasteiger partial charge in [-0.3, -0.25) is 0 Å². The van der Waals surface area contributed by atoms with Crippen molar-refractivity contribution in [3.8, 4) is 5.75 Å². The predicted octanol–water partition coefficient (Wildman–Crippen LogP) is 4.05. The van der Waals surface area contributed by atoms with E-state index in [-0.39, 0.29) is 5.75 Å². The van der Waals surface area contributed by atoms with Gasteiger partial charge in [0.1, 0.15) is 5.75 Å². The zero-order valence-electron chi connectivity index (χ0n) is 12.5. The number of hydrogen-bond acceptors (Lipinski definition) is 4. The lowest BCUT2D eigenvalue weighted by Gasteiger charge is -2.25. The van der Waals surface area contributed by atoms with Crippen molar-refractivity contribution in [2.24, 2.45) is 5.92 Å². The van der Waals surface area contributed by atoms with Crippen LogP contribution in [0, 0.1) is 5.92 Å². The fourth-order valence-corrected chi connectivity index (χ4v) is 3.16. The zero-order chi connectivity index (χ0) is 14.7. The van der Waals surface area contributed by atoms with Crippen molar-refractivity contribution < 1.29 is 9.63 Å². The Bertz CT molecular complexity index is 586. The summed E-state index contributed by atoms with van der Waals surface area (Å²) in [6.07, 6.45) is 6.62. The number of aromatic hydroxyl groups is 1. The maximum atomic E-state index is 9.79. The summed E-state index contributed by atoms with van der Waals surface area (Å²) >= 11 is 0. The van der Waals surface area contributed by atoms with E-state index in [0.717, 1.165) is 30.1 Å². The Labute approximate surface area is 125 Å². The average molecular weight is 286 g/mol. The molecule has 4 nitrogen and oxygen atoms in total. The first-order chi connectivity index (χ1) is 10.3. The summed E-state index contributed by atoms with van der Waals surface area (Å²) in [7, 11) is 0. The molecule has 1 aromatic carbocycles. The molecule has 0 saturated heterocycles. The van der Waals surface area contributed by atoms with Gasteiger partial charge < -0.3 is 9.63 Å². The summed E-state index contributed by atoms with van der Waals surface area (Å²) in [6, 6.07) is 7.27. The Kier molecular flexibility index (Phi) is 4.23. The molecule has 0 aliphatic heterocycles. The molecule has 1 fully saturated rings. The molecule has 0 unspecified atom stereocenters. The number of phenolic OH excluding ortho intramolecular Hbond substituents is 1. The highest BCUT2D eigenvalue weighted by atomic mass is 16.5. The summed E-state index contributed by atoms with van der Waals surface area (Å²) in [6.45, 7) is 2.27. The lowest BCUT2D eigenvalue weighted by molar-refractivity contribution is 0.303. The number of benzene rings is 1. The largest absolute Gasteiger partial charge is 0.508 e.